The molecule has 0 aromatic heterocycles. The average Bonchev–Trinajstić information content (AvgIpc) is 2.79. The van der Waals surface area contributed by atoms with Gasteiger partial charge in [0.2, 0.25) is 5.91 Å². The van der Waals surface area contributed by atoms with Gasteiger partial charge in [0.1, 0.15) is 0 Å². The van der Waals surface area contributed by atoms with Crippen LogP contribution in [0.25, 0.3) is 0 Å². The van der Waals surface area contributed by atoms with E-state index in [2.05, 4.69) is 31.4 Å². The van der Waals surface area contributed by atoms with Crippen LogP contribution in [-0.4, -0.2) is 25.0 Å². The van der Waals surface area contributed by atoms with E-state index in [0.29, 0.717) is 23.8 Å². The van der Waals surface area contributed by atoms with E-state index in [1.807, 2.05) is 0 Å². The zero-order chi connectivity index (χ0) is 13.9. The molecule has 1 heterocycles. The molecule has 1 aliphatic carbocycles. The number of rotatable bonds is 3. The van der Waals surface area contributed by atoms with Crippen LogP contribution in [0.1, 0.15) is 59.3 Å². The van der Waals surface area contributed by atoms with Gasteiger partial charge in [0.15, 0.2) is 0 Å². The fourth-order valence-corrected chi connectivity index (χ4v) is 3.68. The molecule has 2 N–H and O–H groups in total. The van der Waals surface area contributed by atoms with E-state index in [4.69, 9.17) is 0 Å². The molecule has 2 fully saturated rings. The second kappa shape index (κ2) is 6.25. The Hall–Kier alpha value is -0.570. The molecule has 0 aromatic carbocycles. The van der Waals surface area contributed by atoms with Crippen molar-refractivity contribution in [1.29, 1.82) is 0 Å². The molecule has 1 saturated carbocycles. The van der Waals surface area contributed by atoms with Crippen LogP contribution in [-0.2, 0) is 4.79 Å². The largest absolute Gasteiger partial charge is 0.353 e. The highest BCUT2D eigenvalue weighted by Crippen LogP contribution is 2.35. The SMILES string of the molecule is CC1CCCCCC1NC(=O)C1(C(C)C)CCNC1. The lowest BCUT2D eigenvalue weighted by Gasteiger charge is -2.34. The van der Waals surface area contributed by atoms with Crippen molar-refractivity contribution < 1.29 is 4.79 Å². The predicted molar refractivity (Wildman–Crippen MR) is 78.9 cm³/mol. The van der Waals surface area contributed by atoms with Gasteiger partial charge in [-0.15, -0.1) is 0 Å². The van der Waals surface area contributed by atoms with Gasteiger partial charge < -0.3 is 10.6 Å². The Kier molecular flexibility index (Phi) is 4.88. The van der Waals surface area contributed by atoms with Gasteiger partial charge >= 0.3 is 0 Å². The minimum Gasteiger partial charge on any atom is -0.353 e. The molecule has 1 amide bonds. The Bertz CT molecular complexity index is 308. The molecule has 0 spiro atoms. The predicted octanol–water partition coefficient (Wildman–Crippen LogP) is 2.71. The summed E-state index contributed by atoms with van der Waals surface area (Å²) in [6.07, 6.45) is 7.32. The molecule has 19 heavy (non-hydrogen) atoms. The van der Waals surface area contributed by atoms with Crippen molar-refractivity contribution in [3.8, 4) is 0 Å². The smallest absolute Gasteiger partial charge is 0.228 e. The van der Waals surface area contributed by atoms with Crippen LogP contribution in [0.2, 0.25) is 0 Å². The highest BCUT2D eigenvalue weighted by Gasteiger charge is 2.44. The maximum absolute atomic E-state index is 12.8. The first-order chi connectivity index (χ1) is 9.06. The Balaban J connectivity index is 2.02. The molecule has 1 saturated heterocycles. The molecule has 2 rings (SSSR count). The molecule has 3 nitrogen and oxygen atoms in total. The Morgan fingerprint density at radius 1 is 1.26 bits per heavy atom. The second-order valence-corrected chi connectivity index (χ2v) is 6.93. The summed E-state index contributed by atoms with van der Waals surface area (Å²) in [5.74, 6) is 1.33. The number of hydrogen-bond donors (Lipinski definition) is 2. The van der Waals surface area contributed by atoms with E-state index < -0.39 is 0 Å². The summed E-state index contributed by atoms with van der Waals surface area (Å²) in [7, 11) is 0. The Morgan fingerprint density at radius 2 is 2.00 bits per heavy atom. The molecule has 1 aliphatic heterocycles. The van der Waals surface area contributed by atoms with Gasteiger partial charge in [-0.25, -0.2) is 0 Å². The number of carbonyl (C=O) groups is 1. The highest BCUT2D eigenvalue weighted by molar-refractivity contribution is 5.84. The summed E-state index contributed by atoms with van der Waals surface area (Å²) in [5.41, 5.74) is -0.175. The molecule has 3 heteroatoms. The summed E-state index contributed by atoms with van der Waals surface area (Å²) in [5, 5.41) is 6.77. The van der Waals surface area contributed by atoms with Crippen molar-refractivity contribution in [2.24, 2.45) is 17.3 Å². The van der Waals surface area contributed by atoms with Crippen LogP contribution >= 0.6 is 0 Å². The minimum atomic E-state index is -0.175. The average molecular weight is 266 g/mol. The lowest BCUT2D eigenvalue weighted by Crippen LogP contribution is -2.50. The van der Waals surface area contributed by atoms with E-state index >= 15 is 0 Å². The lowest BCUT2D eigenvalue weighted by atomic mass is 9.75. The topological polar surface area (TPSA) is 41.1 Å². The number of hydrogen-bond acceptors (Lipinski definition) is 2. The number of nitrogens with one attached hydrogen (secondary N) is 2. The van der Waals surface area contributed by atoms with E-state index in [-0.39, 0.29) is 5.41 Å². The third-order valence-electron chi connectivity index (χ3n) is 5.42. The van der Waals surface area contributed by atoms with Crippen molar-refractivity contribution in [1.82, 2.24) is 10.6 Å². The molecule has 3 unspecified atom stereocenters. The molecule has 0 radical (unpaired) electrons. The van der Waals surface area contributed by atoms with Crippen LogP contribution in [0.5, 0.6) is 0 Å². The van der Waals surface area contributed by atoms with E-state index in [0.717, 1.165) is 25.9 Å². The van der Waals surface area contributed by atoms with Crippen molar-refractivity contribution in [3.05, 3.63) is 0 Å². The van der Waals surface area contributed by atoms with Gasteiger partial charge in [0, 0.05) is 12.6 Å². The van der Waals surface area contributed by atoms with Gasteiger partial charge in [0.05, 0.1) is 5.41 Å². The van der Waals surface area contributed by atoms with E-state index in [1.54, 1.807) is 0 Å². The summed E-state index contributed by atoms with van der Waals surface area (Å²) in [4.78, 5) is 12.8. The molecule has 2 aliphatic rings. The van der Waals surface area contributed by atoms with Crippen molar-refractivity contribution >= 4 is 5.91 Å². The van der Waals surface area contributed by atoms with Crippen LogP contribution < -0.4 is 10.6 Å². The number of carbonyl (C=O) groups excluding carboxylic acids is 1. The number of amides is 1. The summed E-state index contributed by atoms with van der Waals surface area (Å²) in [6.45, 7) is 8.49. The van der Waals surface area contributed by atoms with Crippen molar-refractivity contribution in [2.75, 3.05) is 13.1 Å². The van der Waals surface area contributed by atoms with E-state index in [1.165, 1.54) is 25.7 Å². The van der Waals surface area contributed by atoms with Gasteiger partial charge in [-0.05, 0) is 37.6 Å². The van der Waals surface area contributed by atoms with Crippen molar-refractivity contribution in [2.45, 2.75) is 65.3 Å². The summed E-state index contributed by atoms with van der Waals surface area (Å²) in [6, 6.07) is 0.395. The minimum absolute atomic E-state index is 0.175. The first-order valence-electron chi connectivity index (χ1n) is 8.08. The third-order valence-corrected chi connectivity index (χ3v) is 5.42. The maximum atomic E-state index is 12.8. The fourth-order valence-electron chi connectivity index (χ4n) is 3.68. The quantitative estimate of drug-likeness (QED) is 0.771. The second-order valence-electron chi connectivity index (χ2n) is 6.93. The van der Waals surface area contributed by atoms with E-state index in [9.17, 15) is 4.79 Å². The lowest BCUT2D eigenvalue weighted by molar-refractivity contribution is -0.133. The zero-order valence-electron chi connectivity index (χ0n) is 12.8. The van der Waals surface area contributed by atoms with Crippen LogP contribution in [0, 0.1) is 17.3 Å². The monoisotopic (exact) mass is 266 g/mol. The Morgan fingerprint density at radius 3 is 2.63 bits per heavy atom. The Labute approximate surface area is 117 Å². The molecule has 110 valence electrons. The molecular weight excluding hydrogens is 236 g/mol. The van der Waals surface area contributed by atoms with Crippen LogP contribution in [0.15, 0.2) is 0 Å². The first-order valence-corrected chi connectivity index (χ1v) is 8.08. The molecule has 3 atom stereocenters. The summed E-state index contributed by atoms with van der Waals surface area (Å²) < 4.78 is 0. The summed E-state index contributed by atoms with van der Waals surface area (Å²) >= 11 is 0. The zero-order valence-corrected chi connectivity index (χ0v) is 12.8. The molecule has 0 bridgehead atoms. The molecular formula is C16H30N2O. The van der Waals surface area contributed by atoms with Gasteiger partial charge in [-0.2, -0.15) is 0 Å². The standard InChI is InChI=1S/C16H30N2O/c1-12(2)16(9-10-17-11-16)15(19)18-14-8-6-4-5-7-13(14)3/h12-14,17H,4-11H2,1-3H3,(H,18,19). The normalized spacial score (nSPS) is 36.2. The first kappa shape index (κ1) is 14.8. The van der Waals surface area contributed by atoms with Crippen LogP contribution in [0.3, 0.4) is 0 Å². The maximum Gasteiger partial charge on any atom is 0.228 e. The van der Waals surface area contributed by atoms with Gasteiger partial charge in [-0.1, -0.05) is 40.0 Å². The van der Waals surface area contributed by atoms with Gasteiger partial charge in [0.25, 0.3) is 0 Å². The van der Waals surface area contributed by atoms with Gasteiger partial charge in [-0.3, -0.25) is 4.79 Å². The molecule has 0 aromatic rings. The highest BCUT2D eigenvalue weighted by atomic mass is 16.2. The fraction of sp³-hybridized carbons (Fsp3) is 0.938. The van der Waals surface area contributed by atoms with Crippen molar-refractivity contribution in [3.63, 3.8) is 0 Å². The third kappa shape index (κ3) is 3.13. The van der Waals surface area contributed by atoms with Crippen LogP contribution in [0.4, 0.5) is 0 Å².